The molecule has 26 heavy (non-hydrogen) atoms. The molecule has 0 aliphatic carbocycles. The maximum atomic E-state index is 12.5. The van der Waals surface area contributed by atoms with E-state index in [-0.39, 0.29) is 5.91 Å². The Morgan fingerprint density at radius 3 is 2.46 bits per heavy atom. The van der Waals surface area contributed by atoms with Crippen molar-refractivity contribution in [3.8, 4) is 17.0 Å². The lowest BCUT2D eigenvalue weighted by molar-refractivity contribution is 0.102. The highest BCUT2D eigenvalue weighted by Gasteiger charge is 2.13. The van der Waals surface area contributed by atoms with Crippen LogP contribution < -0.4 is 10.1 Å². The van der Waals surface area contributed by atoms with Crippen LogP contribution in [-0.4, -0.2) is 23.8 Å². The van der Waals surface area contributed by atoms with Gasteiger partial charge < -0.3 is 4.74 Å². The molecule has 0 fully saturated rings. The van der Waals surface area contributed by atoms with E-state index in [9.17, 15) is 4.79 Å². The molecule has 1 N–H and O–H groups in total. The molecule has 6 heteroatoms. The summed E-state index contributed by atoms with van der Waals surface area (Å²) in [6, 6.07) is 15.4. The number of carbonyl (C=O) groups excluding carboxylic acids is 1. The average Bonchev–Trinajstić information content (AvgIpc) is 3.02. The molecule has 0 saturated carbocycles. The first kappa shape index (κ1) is 18.5. The second-order valence-electron chi connectivity index (χ2n) is 5.56. The molecule has 4 nitrogen and oxygen atoms in total. The summed E-state index contributed by atoms with van der Waals surface area (Å²) < 4.78 is 5.19. The number of amides is 1. The molecule has 1 amide bonds. The van der Waals surface area contributed by atoms with Crippen LogP contribution in [0.5, 0.6) is 5.75 Å². The maximum absolute atomic E-state index is 12.5. The van der Waals surface area contributed by atoms with Gasteiger partial charge in [-0.05, 0) is 61.2 Å². The minimum absolute atomic E-state index is 0.145. The van der Waals surface area contributed by atoms with Crippen LogP contribution in [0.1, 0.15) is 22.2 Å². The zero-order valence-corrected chi connectivity index (χ0v) is 16.5. The number of hydrogen-bond donors (Lipinski definition) is 1. The summed E-state index contributed by atoms with van der Waals surface area (Å²) in [5.41, 5.74) is 2.51. The number of carbonyl (C=O) groups is 1. The van der Waals surface area contributed by atoms with Gasteiger partial charge in [0.25, 0.3) is 5.91 Å². The molecule has 0 spiro atoms. The van der Waals surface area contributed by atoms with Gasteiger partial charge in [-0.15, -0.1) is 23.1 Å². The number of aromatic nitrogens is 1. The van der Waals surface area contributed by atoms with Crippen LogP contribution in [-0.2, 0) is 0 Å². The van der Waals surface area contributed by atoms with E-state index in [2.05, 4.69) is 17.2 Å². The van der Waals surface area contributed by atoms with Crippen LogP contribution in [0.3, 0.4) is 0 Å². The van der Waals surface area contributed by atoms with Crippen LogP contribution in [0.15, 0.2) is 53.4 Å². The molecular weight excluding hydrogens is 364 g/mol. The SMILES string of the molecule is CCSc1ccc(C(=O)Nc2nc(-c3ccc(OC)cc3)c(C)s2)cc1. The van der Waals surface area contributed by atoms with Crippen LogP contribution in [0.4, 0.5) is 5.13 Å². The smallest absolute Gasteiger partial charge is 0.257 e. The minimum Gasteiger partial charge on any atom is -0.497 e. The predicted molar refractivity (Wildman–Crippen MR) is 110 cm³/mol. The Hall–Kier alpha value is -2.31. The van der Waals surface area contributed by atoms with Crippen molar-refractivity contribution in [1.82, 2.24) is 4.98 Å². The number of benzene rings is 2. The van der Waals surface area contributed by atoms with Crippen molar-refractivity contribution in [2.45, 2.75) is 18.7 Å². The number of hydrogen-bond acceptors (Lipinski definition) is 5. The van der Waals surface area contributed by atoms with E-state index >= 15 is 0 Å². The maximum Gasteiger partial charge on any atom is 0.257 e. The molecule has 3 rings (SSSR count). The van der Waals surface area contributed by atoms with E-state index in [1.54, 1.807) is 18.9 Å². The Labute approximate surface area is 161 Å². The zero-order valence-electron chi connectivity index (χ0n) is 14.9. The Balaban J connectivity index is 1.74. The van der Waals surface area contributed by atoms with Gasteiger partial charge in [-0.2, -0.15) is 0 Å². The fourth-order valence-electron chi connectivity index (χ4n) is 2.51. The first-order chi connectivity index (χ1) is 12.6. The third-order valence-electron chi connectivity index (χ3n) is 3.81. The molecule has 1 heterocycles. The van der Waals surface area contributed by atoms with Gasteiger partial charge in [-0.1, -0.05) is 6.92 Å². The first-order valence-corrected chi connectivity index (χ1v) is 10.1. The van der Waals surface area contributed by atoms with Crippen LogP contribution in [0.25, 0.3) is 11.3 Å². The molecule has 3 aromatic rings. The summed E-state index contributed by atoms with van der Waals surface area (Å²) in [4.78, 5) is 19.3. The Bertz CT molecular complexity index is 887. The highest BCUT2D eigenvalue weighted by atomic mass is 32.2. The minimum atomic E-state index is -0.145. The van der Waals surface area contributed by atoms with E-state index in [0.717, 1.165) is 32.5 Å². The average molecular weight is 385 g/mol. The molecule has 0 aliphatic rings. The molecule has 0 radical (unpaired) electrons. The topological polar surface area (TPSA) is 51.2 Å². The van der Waals surface area contributed by atoms with Gasteiger partial charge in [0.2, 0.25) is 0 Å². The van der Waals surface area contributed by atoms with E-state index in [4.69, 9.17) is 4.74 Å². The monoisotopic (exact) mass is 384 g/mol. The number of methoxy groups -OCH3 is 1. The molecule has 0 aliphatic heterocycles. The van der Waals surface area contributed by atoms with E-state index in [1.807, 2.05) is 55.5 Å². The summed E-state index contributed by atoms with van der Waals surface area (Å²) in [7, 11) is 1.64. The van der Waals surface area contributed by atoms with Gasteiger partial charge in [0.15, 0.2) is 5.13 Å². The van der Waals surface area contributed by atoms with Gasteiger partial charge in [-0.25, -0.2) is 4.98 Å². The normalized spacial score (nSPS) is 10.6. The Morgan fingerprint density at radius 2 is 1.85 bits per heavy atom. The van der Waals surface area contributed by atoms with Gasteiger partial charge in [0, 0.05) is 20.9 Å². The predicted octanol–water partition coefficient (Wildman–Crippen LogP) is 5.49. The number of nitrogens with zero attached hydrogens (tertiary/aromatic N) is 1. The van der Waals surface area contributed by atoms with Crippen molar-refractivity contribution < 1.29 is 9.53 Å². The molecule has 134 valence electrons. The highest BCUT2D eigenvalue weighted by molar-refractivity contribution is 7.99. The van der Waals surface area contributed by atoms with Crippen molar-refractivity contribution in [3.63, 3.8) is 0 Å². The second kappa shape index (κ2) is 8.38. The lowest BCUT2D eigenvalue weighted by atomic mass is 10.1. The second-order valence-corrected chi connectivity index (χ2v) is 8.10. The first-order valence-electron chi connectivity index (χ1n) is 8.26. The number of ether oxygens (including phenoxy) is 1. The highest BCUT2D eigenvalue weighted by Crippen LogP contribution is 2.31. The number of thiazole rings is 1. The quantitative estimate of drug-likeness (QED) is 0.571. The fraction of sp³-hybridized carbons (Fsp3) is 0.200. The van der Waals surface area contributed by atoms with Crippen LogP contribution >= 0.6 is 23.1 Å². The molecule has 0 unspecified atom stereocenters. The van der Waals surface area contributed by atoms with Gasteiger partial charge in [-0.3, -0.25) is 10.1 Å². The zero-order chi connectivity index (χ0) is 18.5. The fourth-order valence-corrected chi connectivity index (χ4v) is 4.00. The van der Waals surface area contributed by atoms with Gasteiger partial charge >= 0.3 is 0 Å². The molecule has 0 bridgehead atoms. The van der Waals surface area contributed by atoms with E-state index in [1.165, 1.54) is 11.3 Å². The van der Waals surface area contributed by atoms with Crippen LogP contribution in [0, 0.1) is 6.92 Å². The summed E-state index contributed by atoms with van der Waals surface area (Å²) in [6.45, 7) is 4.11. The largest absolute Gasteiger partial charge is 0.497 e. The van der Waals surface area contributed by atoms with Crippen LogP contribution in [0.2, 0.25) is 0 Å². The lowest BCUT2D eigenvalue weighted by Gasteiger charge is -2.03. The Morgan fingerprint density at radius 1 is 1.15 bits per heavy atom. The molecule has 0 saturated heterocycles. The molecular formula is C20H20N2O2S2. The Kier molecular flexibility index (Phi) is 5.96. The van der Waals surface area contributed by atoms with E-state index in [0.29, 0.717) is 10.7 Å². The summed E-state index contributed by atoms with van der Waals surface area (Å²) in [5.74, 6) is 1.67. The number of nitrogens with one attached hydrogen (secondary N) is 1. The lowest BCUT2D eigenvalue weighted by Crippen LogP contribution is -2.11. The van der Waals surface area contributed by atoms with Crippen molar-refractivity contribution >= 4 is 34.1 Å². The summed E-state index contributed by atoms with van der Waals surface area (Å²) in [5, 5.41) is 3.50. The standard InChI is InChI=1S/C20H20N2O2S2/c1-4-25-17-11-7-15(8-12-17)19(23)22-20-21-18(13(2)26-20)14-5-9-16(24-3)10-6-14/h5-12H,4H2,1-3H3,(H,21,22,23). The molecule has 2 aromatic carbocycles. The number of aryl methyl sites for hydroxylation is 1. The van der Waals surface area contributed by atoms with Gasteiger partial charge in [0.05, 0.1) is 12.8 Å². The van der Waals surface area contributed by atoms with Crippen molar-refractivity contribution in [2.24, 2.45) is 0 Å². The summed E-state index contributed by atoms with van der Waals surface area (Å²) >= 11 is 3.23. The number of rotatable bonds is 6. The molecule has 1 aromatic heterocycles. The van der Waals surface area contributed by atoms with Crippen molar-refractivity contribution in [1.29, 1.82) is 0 Å². The number of thioether (sulfide) groups is 1. The summed E-state index contributed by atoms with van der Waals surface area (Å²) in [6.07, 6.45) is 0. The van der Waals surface area contributed by atoms with Gasteiger partial charge in [0.1, 0.15) is 5.75 Å². The van der Waals surface area contributed by atoms with Crippen molar-refractivity contribution in [2.75, 3.05) is 18.2 Å². The van der Waals surface area contributed by atoms with E-state index < -0.39 is 0 Å². The number of anilines is 1. The molecule has 0 atom stereocenters. The third kappa shape index (κ3) is 4.26. The third-order valence-corrected chi connectivity index (χ3v) is 5.59. The van der Waals surface area contributed by atoms with Crippen molar-refractivity contribution in [3.05, 3.63) is 59.0 Å².